The third-order valence-corrected chi connectivity index (χ3v) is 5.00. The molecule has 3 atom stereocenters. The molecule has 7 heteroatoms. The van der Waals surface area contributed by atoms with E-state index in [1.807, 2.05) is 0 Å². The maximum Gasteiger partial charge on any atom is 0.323 e. The molecule has 1 fully saturated rings. The molecule has 150 valence electrons. The van der Waals surface area contributed by atoms with Gasteiger partial charge >= 0.3 is 11.9 Å². The van der Waals surface area contributed by atoms with Gasteiger partial charge in [0.05, 0.1) is 5.92 Å². The zero-order valence-electron chi connectivity index (χ0n) is 15.9. The minimum Gasteiger partial charge on any atom is -0.504 e. The van der Waals surface area contributed by atoms with Crippen LogP contribution in [0.15, 0.2) is 18.2 Å². The van der Waals surface area contributed by atoms with Gasteiger partial charge in [0.1, 0.15) is 18.2 Å². The Kier molecular flexibility index (Phi) is 7.47. The Bertz CT molecular complexity index is 656. The average molecular weight is 379 g/mol. The van der Waals surface area contributed by atoms with Gasteiger partial charge in [-0.05, 0) is 50.8 Å². The molecule has 0 unspecified atom stereocenters. The van der Waals surface area contributed by atoms with E-state index in [0.29, 0.717) is 5.56 Å². The summed E-state index contributed by atoms with van der Waals surface area (Å²) in [5.74, 6) is -1.42. The van der Waals surface area contributed by atoms with E-state index in [4.69, 9.17) is 15.2 Å². The predicted molar refractivity (Wildman–Crippen MR) is 99.1 cm³/mol. The smallest absolute Gasteiger partial charge is 0.323 e. The van der Waals surface area contributed by atoms with Crippen LogP contribution in [0.2, 0.25) is 0 Å². The molecule has 1 saturated carbocycles. The van der Waals surface area contributed by atoms with Crippen molar-refractivity contribution >= 4 is 11.9 Å². The van der Waals surface area contributed by atoms with E-state index < -0.39 is 24.2 Å². The second kappa shape index (κ2) is 9.60. The zero-order valence-corrected chi connectivity index (χ0v) is 15.9. The topological polar surface area (TPSA) is 119 Å². The highest BCUT2D eigenvalue weighted by atomic mass is 16.6. The highest BCUT2D eigenvalue weighted by Gasteiger charge is 2.28. The lowest BCUT2D eigenvalue weighted by Crippen LogP contribution is -2.40. The summed E-state index contributed by atoms with van der Waals surface area (Å²) in [6.45, 7) is 3.36. The van der Waals surface area contributed by atoms with Crippen molar-refractivity contribution in [2.45, 2.75) is 70.6 Å². The van der Waals surface area contributed by atoms with E-state index in [1.54, 1.807) is 19.9 Å². The number of carbonyl (C=O) groups excluding carboxylic acids is 2. The van der Waals surface area contributed by atoms with Gasteiger partial charge in [-0.1, -0.05) is 25.3 Å². The number of ether oxygens (including phenoxy) is 2. The Hall–Kier alpha value is -2.28. The minimum absolute atomic E-state index is 0.0615. The lowest BCUT2D eigenvalue weighted by Gasteiger charge is -2.26. The third-order valence-electron chi connectivity index (χ3n) is 5.00. The first-order valence-electron chi connectivity index (χ1n) is 9.45. The van der Waals surface area contributed by atoms with Crippen LogP contribution < -0.4 is 5.73 Å². The molecular formula is C20H29NO6. The Labute approximate surface area is 159 Å². The van der Waals surface area contributed by atoms with Crippen molar-refractivity contribution < 1.29 is 29.3 Å². The first kappa shape index (κ1) is 21.0. The Morgan fingerprint density at radius 3 is 2.33 bits per heavy atom. The van der Waals surface area contributed by atoms with Crippen LogP contribution in [0, 0.1) is 5.92 Å². The fraction of sp³-hybridized carbons (Fsp3) is 0.600. The van der Waals surface area contributed by atoms with Crippen LogP contribution in [0.25, 0.3) is 0 Å². The van der Waals surface area contributed by atoms with Gasteiger partial charge in [0.25, 0.3) is 0 Å². The third kappa shape index (κ3) is 6.13. The SMILES string of the molecule is C[C@H](OC(=O)[C@@H](N)Cc1ccc(O)c(O)c1)[C@@H](C)OC(=O)C1CCCCC1. The number of esters is 2. The van der Waals surface area contributed by atoms with Crippen LogP contribution in [0.3, 0.4) is 0 Å². The Morgan fingerprint density at radius 2 is 1.70 bits per heavy atom. The van der Waals surface area contributed by atoms with E-state index in [0.717, 1.165) is 32.1 Å². The number of phenols is 2. The Balaban J connectivity index is 1.81. The lowest BCUT2D eigenvalue weighted by molar-refractivity contribution is -0.169. The number of carbonyl (C=O) groups is 2. The first-order chi connectivity index (χ1) is 12.8. The van der Waals surface area contributed by atoms with Gasteiger partial charge in [0.15, 0.2) is 11.5 Å². The van der Waals surface area contributed by atoms with Gasteiger partial charge in [0.2, 0.25) is 0 Å². The van der Waals surface area contributed by atoms with Gasteiger partial charge in [-0.2, -0.15) is 0 Å². The maximum atomic E-state index is 12.2. The number of hydrogen-bond acceptors (Lipinski definition) is 7. The van der Waals surface area contributed by atoms with Crippen molar-refractivity contribution in [3.05, 3.63) is 23.8 Å². The molecule has 27 heavy (non-hydrogen) atoms. The largest absolute Gasteiger partial charge is 0.504 e. The fourth-order valence-corrected chi connectivity index (χ4v) is 3.11. The summed E-state index contributed by atoms with van der Waals surface area (Å²) >= 11 is 0. The van der Waals surface area contributed by atoms with E-state index in [1.165, 1.54) is 12.1 Å². The molecule has 0 heterocycles. The van der Waals surface area contributed by atoms with Gasteiger partial charge in [-0.3, -0.25) is 9.59 Å². The van der Waals surface area contributed by atoms with E-state index in [9.17, 15) is 19.8 Å². The number of benzene rings is 1. The predicted octanol–water partition coefficient (Wildman–Crippen LogP) is 2.41. The van der Waals surface area contributed by atoms with Crippen molar-refractivity contribution in [3.8, 4) is 11.5 Å². The maximum absolute atomic E-state index is 12.2. The molecule has 1 aliphatic rings. The van der Waals surface area contributed by atoms with Crippen molar-refractivity contribution in [2.75, 3.05) is 0 Å². The summed E-state index contributed by atoms with van der Waals surface area (Å²) in [5.41, 5.74) is 6.47. The molecule has 0 aliphatic heterocycles. The van der Waals surface area contributed by atoms with E-state index >= 15 is 0 Å². The number of hydrogen-bond donors (Lipinski definition) is 3. The summed E-state index contributed by atoms with van der Waals surface area (Å²) < 4.78 is 10.8. The minimum atomic E-state index is -0.933. The van der Waals surface area contributed by atoms with Gasteiger partial charge in [0, 0.05) is 0 Å². The summed E-state index contributed by atoms with van der Waals surface area (Å²) in [6, 6.07) is 3.32. The quantitative estimate of drug-likeness (QED) is 0.491. The molecule has 2 rings (SSSR count). The highest BCUT2D eigenvalue weighted by molar-refractivity contribution is 5.76. The zero-order chi connectivity index (χ0) is 20.0. The van der Waals surface area contributed by atoms with E-state index in [-0.39, 0.29) is 29.8 Å². The summed E-state index contributed by atoms with van der Waals surface area (Å²) in [4.78, 5) is 24.4. The van der Waals surface area contributed by atoms with Crippen LogP contribution in [-0.2, 0) is 25.5 Å². The van der Waals surface area contributed by atoms with Crippen LogP contribution in [0.1, 0.15) is 51.5 Å². The molecule has 0 bridgehead atoms. The van der Waals surface area contributed by atoms with Crippen molar-refractivity contribution in [2.24, 2.45) is 11.7 Å². The van der Waals surface area contributed by atoms with Crippen LogP contribution in [0.4, 0.5) is 0 Å². The van der Waals surface area contributed by atoms with Gasteiger partial charge in [-0.25, -0.2) is 0 Å². The van der Waals surface area contributed by atoms with Crippen molar-refractivity contribution in [1.29, 1.82) is 0 Å². The number of rotatable bonds is 7. The number of aromatic hydroxyl groups is 2. The molecule has 1 aromatic carbocycles. The van der Waals surface area contributed by atoms with Crippen LogP contribution in [0.5, 0.6) is 11.5 Å². The normalized spacial score (nSPS) is 18.3. The monoisotopic (exact) mass is 379 g/mol. The standard InChI is InChI=1S/C20H29NO6/c1-12(26-19(24)15-6-4-3-5-7-15)13(2)27-20(25)16(21)10-14-8-9-17(22)18(23)11-14/h8-9,11-13,15-16,22-23H,3-7,10,21H2,1-2H3/t12-,13+,16+/m1/s1. The van der Waals surface area contributed by atoms with Crippen LogP contribution in [-0.4, -0.2) is 40.4 Å². The van der Waals surface area contributed by atoms with Crippen LogP contribution >= 0.6 is 0 Å². The second-order valence-corrected chi connectivity index (χ2v) is 7.25. The lowest BCUT2D eigenvalue weighted by atomic mass is 9.89. The molecule has 0 amide bonds. The summed E-state index contributed by atoms with van der Waals surface area (Å²) in [6.07, 6.45) is 3.91. The Morgan fingerprint density at radius 1 is 1.07 bits per heavy atom. The second-order valence-electron chi connectivity index (χ2n) is 7.25. The average Bonchev–Trinajstić information content (AvgIpc) is 2.65. The molecule has 0 saturated heterocycles. The molecule has 0 spiro atoms. The number of phenolic OH excluding ortho intramolecular Hbond substituents is 2. The molecule has 4 N–H and O–H groups in total. The number of nitrogens with two attached hydrogens (primary N) is 1. The van der Waals surface area contributed by atoms with Crippen molar-refractivity contribution in [1.82, 2.24) is 0 Å². The molecule has 1 aromatic rings. The first-order valence-corrected chi connectivity index (χ1v) is 9.45. The van der Waals surface area contributed by atoms with Gasteiger partial charge < -0.3 is 25.4 Å². The fourth-order valence-electron chi connectivity index (χ4n) is 3.11. The summed E-state index contributed by atoms with van der Waals surface area (Å²) in [5, 5.41) is 18.8. The molecule has 1 aliphatic carbocycles. The molecule has 0 aromatic heterocycles. The molecule has 0 radical (unpaired) electrons. The molecule has 7 nitrogen and oxygen atoms in total. The molecular weight excluding hydrogens is 350 g/mol. The summed E-state index contributed by atoms with van der Waals surface area (Å²) in [7, 11) is 0. The highest BCUT2D eigenvalue weighted by Crippen LogP contribution is 2.26. The van der Waals surface area contributed by atoms with Gasteiger partial charge in [-0.15, -0.1) is 0 Å². The van der Waals surface area contributed by atoms with Crippen molar-refractivity contribution in [3.63, 3.8) is 0 Å². The van der Waals surface area contributed by atoms with E-state index in [2.05, 4.69) is 0 Å².